The molecule has 0 spiro atoms. The van der Waals surface area contributed by atoms with Crippen molar-refractivity contribution in [3.63, 3.8) is 0 Å². The third-order valence-corrected chi connectivity index (χ3v) is 4.35. The van der Waals surface area contributed by atoms with Crippen LogP contribution < -0.4 is 15.5 Å². The second kappa shape index (κ2) is 7.34. The molecule has 25 heavy (non-hydrogen) atoms. The minimum atomic E-state index is -0.743. The third kappa shape index (κ3) is 3.96. The minimum Gasteiger partial charge on any atom is -0.359 e. The molecule has 3 rings (SSSR count). The summed E-state index contributed by atoms with van der Waals surface area (Å²) in [6.07, 6.45) is 1.93. The molecule has 5 nitrogen and oxygen atoms in total. The predicted octanol–water partition coefficient (Wildman–Crippen LogP) is 3.32. The van der Waals surface area contributed by atoms with Crippen LogP contribution in [0.4, 0.5) is 20.6 Å². The van der Waals surface area contributed by atoms with Crippen LogP contribution in [-0.2, 0) is 11.2 Å². The number of rotatable bonds is 3. The maximum Gasteiger partial charge on any atom is 0.326 e. The van der Waals surface area contributed by atoms with E-state index < -0.39 is 17.8 Å². The van der Waals surface area contributed by atoms with Crippen LogP contribution in [0.3, 0.4) is 0 Å². The monoisotopic (exact) mass is 341 g/mol. The molecule has 0 radical (unpaired) electrons. The van der Waals surface area contributed by atoms with E-state index in [2.05, 4.69) is 23.6 Å². The SMILES string of the molecule is CC1CCc2ccccc2N1CC(=O)NC(=O)Nc1ccccc1F. The Bertz CT molecular complexity index is 794. The molecule has 1 atom stereocenters. The standard InChI is InChI=1S/C19H20FN3O2/c1-13-10-11-14-6-2-5-9-17(14)23(13)12-18(24)22-19(25)21-16-8-4-3-7-15(16)20/h2-9,13H,10-12H2,1H3,(H2,21,22,24,25). The van der Waals surface area contributed by atoms with Crippen molar-refractivity contribution >= 4 is 23.3 Å². The fourth-order valence-electron chi connectivity index (χ4n) is 3.04. The summed E-state index contributed by atoms with van der Waals surface area (Å²) < 4.78 is 13.5. The third-order valence-electron chi connectivity index (χ3n) is 4.35. The van der Waals surface area contributed by atoms with Crippen LogP contribution in [0.5, 0.6) is 0 Å². The molecule has 6 heteroatoms. The van der Waals surface area contributed by atoms with Crippen LogP contribution >= 0.6 is 0 Å². The maximum atomic E-state index is 13.5. The zero-order valence-corrected chi connectivity index (χ0v) is 14.0. The lowest BCUT2D eigenvalue weighted by atomic mass is 9.97. The van der Waals surface area contributed by atoms with Crippen molar-refractivity contribution in [2.24, 2.45) is 0 Å². The van der Waals surface area contributed by atoms with E-state index in [9.17, 15) is 14.0 Å². The number of anilines is 2. The molecule has 3 amide bonds. The topological polar surface area (TPSA) is 61.4 Å². The molecule has 0 bridgehead atoms. The van der Waals surface area contributed by atoms with Crippen LogP contribution in [-0.4, -0.2) is 24.5 Å². The van der Waals surface area contributed by atoms with E-state index in [4.69, 9.17) is 0 Å². The number of para-hydroxylation sites is 2. The predicted molar refractivity (Wildman–Crippen MR) is 95.1 cm³/mol. The number of urea groups is 1. The fourth-order valence-corrected chi connectivity index (χ4v) is 3.04. The van der Waals surface area contributed by atoms with Gasteiger partial charge in [0.25, 0.3) is 0 Å². The first-order chi connectivity index (χ1) is 12.0. The number of halogens is 1. The number of hydrogen-bond donors (Lipinski definition) is 2. The van der Waals surface area contributed by atoms with Crippen LogP contribution in [0, 0.1) is 5.82 Å². The van der Waals surface area contributed by atoms with Crippen LogP contribution in [0.15, 0.2) is 48.5 Å². The molecule has 2 aromatic carbocycles. The smallest absolute Gasteiger partial charge is 0.326 e. The Hall–Kier alpha value is -2.89. The molecule has 1 heterocycles. The maximum absolute atomic E-state index is 13.5. The van der Waals surface area contributed by atoms with E-state index >= 15 is 0 Å². The number of nitrogens with zero attached hydrogens (tertiary/aromatic N) is 1. The normalized spacial score (nSPS) is 16.1. The minimum absolute atomic E-state index is 0.0319. The second-order valence-electron chi connectivity index (χ2n) is 6.13. The van der Waals surface area contributed by atoms with Gasteiger partial charge in [0.15, 0.2) is 0 Å². The van der Waals surface area contributed by atoms with E-state index in [0.717, 1.165) is 18.5 Å². The first-order valence-corrected chi connectivity index (χ1v) is 8.24. The number of carbonyl (C=O) groups excluding carboxylic acids is 2. The van der Waals surface area contributed by atoms with Crippen molar-refractivity contribution in [2.45, 2.75) is 25.8 Å². The lowest BCUT2D eigenvalue weighted by Gasteiger charge is -2.36. The van der Waals surface area contributed by atoms with E-state index in [-0.39, 0.29) is 18.3 Å². The molecule has 0 fully saturated rings. The molecular formula is C19H20FN3O2. The number of aryl methyl sites for hydroxylation is 1. The van der Waals surface area contributed by atoms with Gasteiger partial charge in [-0.2, -0.15) is 0 Å². The van der Waals surface area contributed by atoms with Gasteiger partial charge in [0.2, 0.25) is 5.91 Å². The fraction of sp³-hybridized carbons (Fsp3) is 0.263. The van der Waals surface area contributed by atoms with Gasteiger partial charge >= 0.3 is 6.03 Å². The highest BCUT2D eigenvalue weighted by molar-refractivity contribution is 6.02. The van der Waals surface area contributed by atoms with Crippen molar-refractivity contribution in [1.29, 1.82) is 0 Å². The van der Waals surface area contributed by atoms with Gasteiger partial charge in [-0.25, -0.2) is 9.18 Å². The second-order valence-corrected chi connectivity index (χ2v) is 6.13. The van der Waals surface area contributed by atoms with Gasteiger partial charge in [0.1, 0.15) is 5.82 Å². The zero-order chi connectivity index (χ0) is 17.8. The highest BCUT2D eigenvalue weighted by Crippen LogP contribution is 2.29. The van der Waals surface area contributed by atoms with Gasteiger partial charge in [-0.3, -0.25) is 10.1 Å². The average Bonchev–Trinajstić information content (AvgIpc) is 2.59. The van der Waals surface area contributed by atoms with E-state index in [0.29, 0.717) is 0 Å². The molecule has 0 saturated carbocycles. The number of benzene rings is 2. The van der Waals surface area contributed by atoms with Crippen LogP contribution in [0.2, 0.25) is 0 Å². The molecule has 130 valence electrons. The van der Waals surface area contributed by atoms with Crippen LogP contribution in [0.25, 0.3) is 0 Å². The molecule has 0 aromatic heterocycles. The molecule has 1 aliphatic heterocycles. The first kappa shape index (κ1) is 17.0. The molecule has 2 aromatic rings. The van der Waals surface area contributed by atoms with Gasteiger partial charge < -0.3 is 10.2 Å². The highest BCUT2D eigenvalue weighted by Gasteiger charge is 2.25. The number of nitrogens with one attached hydrogen (secondary N) is 2. The number of imide groups is 1. The summed E-state index contributed by atoms with van der Waals surface area (Å²) in [6, 6.07) is 13.2. The molecule has 2 N–H and O–H groups in total. The number of amides is 3. The number of carbonyl (C=O) groups is 2. The van der Waals surface area contributed by atoms with Gasteiger partial charge in [-0.05, 0) is 43.5 Å². The Morgan fingerprint density at radius 1 is 1.16 bits per heavy atom. The van der Waals surface area contributed by atoms with Crippen LogP contribution in [0.1, 0.15) is 18.9 Å². The quantitative estimate of drug-likeness (QED) is 0.900. The first-order valence-electron chi connectivity index (χ1n) is 8.24. The Morgan fingerprint density at radius 3 is 2.68 bits per heavy atom. The summed E-state index contributed by atoms with van der Waals surface area (Å²) in [5, 5.41) is 4.60. The van der Waals surface area contributed by atoms with Gasteiger partial charge in [0, 0.05) is 11.7 Å². The molecule has 1 aliphatic rings. The van der Waals surface area contributed by atoms with Crippen molar-refractivity contribution < 1.29 is 14.0 Å². The molecular weight excluding hydrogens is 321 g/mol. The summed E-state index contributed by atoms with van der Waals surface area (Å²) >= 11 is 0. The van der Waals surface area contributed by atoms with Gasteiger partial charge in [0.05, 0.1) is 12.2 Å². The van der Waals surface area contributed by atoms with Crippen molar-refractivity contribution in [3.05, 3.63) is 59.9 Å². The lowest BCUT2D eigenvalue weighted by molar-refractivity contribution is -0.118. The molecule has 1 unspecified atom stereocenters. The Balaban J connectivity index is 1.63. The highest BCUT2D eigenvalue weighted by atomic mass is 19.1. The number of hydrogen-bond acceptors (Lipinski definition) is 3. The van der Waals surface area contributed by atoms with Gasteiger partial charge in [-0.1, -0.05) is 30.3 Å². The zero-order valence-electron chi connectivity index (χ0n) is 14.0. The summed E-state index contributed by atoms with van der Waals surface area (Å²) in [6.45, 7) is 2.13. The van der Waals surface area contributed by atoms with Crippen molar-refractivity contribution in [3.8, 4) is 0 Å². The summed E-state index contributed by atoms with van der Waals surface area (Å²) in [4.78, 5) is 26.2. The van der Waals surface area contributed by atoms with Crippen molar-refractivity contribution in [1.82, 2.24) is 5.32 Å². The summed E-state index contributed by atoms with van der Waals surface area (Å²) in [5.74, 6) is -0.985. The van der Waals surface area contributed by atoms with E-state index in [1.165, 1.54) is 23.8 Å². The average molecular weight is 341 g/mol. The van der Waals surface area contributed by atoms with Gasteiger partial charge in [-0.15, -0.1) is 0 Å². The number of fused-ring (bicyclic) bond motifs is 1. The Labute approximate surface area is 145 Å². The lowest BCUT2D eigenvalue weighted by Crippen LogP contribution is -2.46. The van der Waals surface area contributed by atoms with E-state index in [1.54, 1.807) is 6.07 Å². The largest absolute Gasteiger partial charge is 0.359 e. The van der Waals surface area contributed by atoms with E-state index in [1.807, 2.05) is 23.1 Å². The molecule has 0 saturated heterocycles. The Kier molecular flexibility index (Phi) is 4.97. The summed E-state index contributed by atoms with van der Waals surface area (Å²) in [5.41, 5.74) is 2.25. The summed E-state index contributed by atoms with van der Waals surface area (Å²) in [7, 11) is 0. The Morgan fingerprint density at radius 2 is 1.88 bits per heavy atom. The molecule has 0 aliphatic carbocycles. The van der Waals surface area contributed by atoms with Crippen molar-refractivity contribution in [2.75, 3.05) is 16.8 Å².